The van der Waals surface area contributed by atoms with Crippen LogP contribution in [0.1, 0.15) is 15.9 Å². The van der Waals surface area contributed by atoms with E-state index in [1.54, 1.807) is 24.3 Å². The molecule has 1 amide bonds. The van der Waals surface area contributed by atoms with Gasteiger partial charge in [-0.3, -0.25) is 4.79 Å². The Balaban J connectivity index is 1.70. The predicted molar refractivity (Wildman–Crippen MR) is 95.9 cm³/mol. The highest BCUT2D eigenvalue weighted by Crippen LogP contribution is 2.22. The predicted octanol–water partition coefficient (Wildman–Crippen LogP) is 4.57. The normalized spacial score (nSPS) is 10.4. The zero-order valence-electron chi connectivity index (χ0n) is 13.3. The molecule has 3 rings (SSSR count). The molecule has 0 aliphatic heterocycles. The number of carbonyl (C=O) groups excluding carboxylic acids is 1. The average molecular weight is 357 g/mol. The van der Waals surface area contributed by atoms with Crippen LogP contribution in [0, 0.1) is 12.7 Å². The van der Waals surface area contributed by atoms with Crippen LogP contribution < -0.4 is 10.6 Å². The van der Waals surface area contributed by atoms with Gasteiger partial charge in [-0.05, 0) is 55.0 Å². The molecule has 0 fully saturated rings. The van der Waals surface area contributed by atoms with Crippen LogP contribution in [0.3, 0.4) is 0 Å². The molecule has 0 spiro atoms. The Hall–Kier alpha value is -2.99. The molecular formula is C18H14ClFN4O. The van der Waals surface area contributed by atoms with E-state index in [1.165, 1.54) is 18.2 Å². The van der Waals surface area contributed by atoms with Gasteiger partial charge in [0.2, 0.25) is 0 Å². The number of carbonyl (C=O) groups is 1. The molecular weight excluding hydrogens is 343 g/mol. The van der Waals surface area contributed by atoms with Crippen molar-refractivity contribution < 1.29 is 9.18 Å². The quantitative estimate of drug-likeness (QED) is 0.718. The van der Waals surface area contributed by atoms with Crippen LogP contribution >= 0.6 is 11.6 Å². The van der Waals surface area contributed by atoms with E-state index in [0.717, 1.165) is 11.3 Å². The molecule has 25 heavy (non-hydrogen) atoms. The first-order chi connectivity index (χ1) is 12.0. The van der Waals surface area contributed by atoms with Gasteiger partial charge >= 0.3 is 0 Å². The third kappa shape index (κ3) is 4.10. The Morgan fingerprint density at radius 3 is 2.44 bits per heavy atom. The number of hydrogen-bond acceptors (Lipinski definition) is 4. The lowest BCUT2D eigenvalue weighted by Crippen LogP contribution is -2.15. The van der Waals surface area contributed by atoms with Crippen molar-refractivity contribution in [1.29, 1.82) is 0 Å². The molecule has 7 heteroatoms. The van der Waals surface area contributed by atoms with Gasteiger partial charge in [0.15, 0.2) is 11.6 Å². The molecule has 0 saturated carbocycles. The van der Waals surface area contributed by atoms with E-state index in [-0.39, 0.29) is 11.4 Å². The fourth-order valence-electron chi connectivity index (χ4n) is 2.20. The number of aryl methyl sites for hydroxylation is 1. The molecule has 0 aliphatic carbocycles. The second kappa shape index (κ2) is 7.27. The summed E-state index contributed by atoms with van der Waals surface area (Å²) in [6.07, 6.45) is 0. The second-order valence-electron chi connectivity index (χ2n) is 5.32. The maximum atomic E-state index is 13.6. The number of aromatic nitrogens is 2. The van der Waals surface area contributed by atoms with Crippen LogP contribution in [0.4, 0.5) is 21.7 Å². The largest absolute Gasteiger partial charge is 0.339 e. The molecule has 2 N–H and O–H groups in total. The lowest BCUT2D eigenvalue weighted by Gasteiger charge is -2.09. The van der Waals surface area contributed by atoms with Crippen LogP contribution in [0.15, 0.2) is 54.6 Å². The Labute approximate surface area is 148 Å². The molecule has 0 saturated heterocycles. The summed E-state index contributed by atoms with van der Waals surface area (Å²) in [5.74, 6) is -0.438. The summed E-state index contributed by atoms with van der Waals surface area (Å²) in [7, 11) is 0. The Kier molecular flexibility index (Phi) is 4.90. The lowest BCUT2D eigenvalue weighted by molar-refractivity contribution is 0.102. The third-order valence-corrected chi connectivity index (χ3v) is 3.71. The summed E-state index contributed by atoms with van der Waals surface area (Å²) < 4.78 is 13.6. The fraction of sp³-hybridized carbons (Fsp3) is 0.0556. The number of nitrogens with one attached hydrogen (secondary N) is 2. The zero-order chi connectivity index (χ0) is 17.8. The molecule has 3 aromatic rings. The van der Waals surface area contributed by atoms with Crippen molar-refractivity contribution in [2.45, 2.75) is 6.92 Å². The highest BCUT2D eigenvalue weighted by Gasteiger charge is 2.11. The van der Waals surface area contributed by atoms with Gasteiger partial charge in [-0.15, -0.1) is 10.2 Å². The Morgan fingerprint density at radius 2 is 1.76 bits per heavy atom. The highest BCUT2D eigenvalue weighted by molar-refractivity contribution is 6.30. The molecule has 0 unspecified atom stereocenters. The molecule has 0 radical (unpaired) electrons. The summed E-state index contributed by atoms with van der Waals surface area (Å²) in [5, 5.41) is 14.2. The number of hydrogen-bond donors (Lipinski definition) is 2. The van der Waals surface area contributed by atoms with Gasteiger partial charge in [0.25, 0.3) is 5.91 Å². The Morgan fingerprint density at radius 1 is 1.04 bits per heavy atom. The summed E-state index contributed by atoms with van der Waals surface area (Å²) in [6.45, 7) is 1.92. The van der Waals surface area contributed by atoms with E-state index >= 15 is 0 Å². The number of benzene rings is 2. The van der Waals surface area contributed by atoms with Gasteiger partial charge < -0.3 is 10.6 Å². The molecule has 0 atom stereocenters. The smallest absolute Gasteiger partial charge is 0.259 e. The monoisotopic (exact) mass is 356 g/mol. The molecule has 5 nitrogen and oxygen atoms in total. The number of anilines is 3. The van der Waals surface area contributed by atoms with E-state index in [0.29, 0.717) is 10.8 Å². The van der Waals surface area contributed by atoms with Crippen LogP contribution in [0.2, 0.25) is 5.02 Å². The van der Waals surface area contributed by atoms with Crippen LogP contribution in [-0.2, 0) is 0 Å². The van der Waals surface area contributed by atoms with Crippen molar-refractivity contribution in [1.82, 2.24) is 10.2 Å². The van der Waals surface area contributed by atoms with Crippen molar-refractivity contribution in [2.24, 2.45) is 0 Å². The summed E-state index contributed by atoms with van der Waals surface area (Å²) in [4.78, 5) is 12.0. The zero-order valence-corrected chi connectivity index (χ0v) is 14.0. The number of halogens is 2. The first-order valence-electron chi connectivity index (χ1n) is 7.46. The number of rotatable bonds is 4. The van der Waals surface area contributed by atoms with Gasteiger partial charge in [-0.2, -0.15) is 0 Å². The molecule has 0 bridgehead atoms. The highest BCUT2D eigenvalue weighted by atomic mass is 35.5. The van der Waals surface area contributed by atoms with Crippen molar-refractivity contribution in [3.8, 4) is 0 Å². The Bertz CT molecular complexity index is 915. The fourth-order valence-corrected chi connectivity index (χ4v) is 2.43. The van der Waals surface area contributed by atoms with E-state index in [1.807, 2.05) is 19.1 Å². The van der Waals surface area contributed by atoms with Gasteiger partial charge in [0.05, 0.1) is 5.56 Å². The van der Waals surface area contributed by atoms with Crippen LogP contribution in [0.25, 0.3) is 0 Å². The summed E-state index contributed by atoms with van der Waals surface area (Å²) in [5.41, 5.74) is 1.76. The molecule has 0 aliphatic rings. The standard InChI is InChI=1S/C18H14ClFN4O/c1-11-10-12(19)6-7-15(11)21-16-8-9-17(24-23-16)22-18(25)13-4-2-3-5-14(13)20/h2-10H,1H3,(H,21,23)(H,22,24,25). The van der Waals surface area contributed by atoms with Crippen molar-refractivity contribution in [3.05, 3.63) is 76.6 Å². The minimum absolute atomic E-state index is 0.0525. The van der Waals surface area contributed by atoms with E-state index in [9.17, 15) is 9.18 Å². The number of amides is 1. The van der Waals surface area contributed by atoms with Gasteiger partial charge in [-0.25, -0.2) is 4.39 Å². The summed E-state index contributed by atoms with van der Waals surface area (Å²) >= 11 is 5.93. The minimum Gasteiger partial charge on any atom is -0.339 e. The van der Waals surface area contributed by atoms with Gasteiger partial charge in [0.1, 0.15) is 5.82 Å². The second-order valence-corrected chi connectivity index (χ2v) is 5.76. The topological polar surface area (TPSA) is 66.9 Å². The van der Waals surface area contributed by atoms with Crippen molar-refractivity contribution >= 4 is 34.8 Å². The molecule has 126 valence electrons. The first-order valence-corrected chi connectivity index (χ1v) is 7.83. The van der Waals surface area contributed by atoms with Gasteiger partial charge in [-0.1, -0.05) is 23.7 Å². The third-order valence-electron chi connectivity index (χ3n) is 3.48. The minimum atomic E-state index is -0.593. The molecule has 1 aromatic heterocycles. The molecule has 1 heterocycles. The number of nitrogens with zero attached hydrogens (tertiary/aromatic N) is 2. The van der Waals surface area contributed by atoms with Crippen molar-refractivity contribution in [2.75, 3.05) is 10.6 Å². The first kappa shape index (κ1) is 16.9. The van der Waals surface area contributed by atoms with E-state index in [2.05, 4.69) is 20.8 Å². The SMILES string of the molecule is Cc1cc(Cl)ccc1Nc1ccc(NC(=O)c2ccccc2F)nn1. The van der Waals surface area contributed by atoms with E-state index < -0.39 is 11.7 Å². The van der Waals surface area contributed by atoms with Crippen molar-refractivity contribution in [3.63, 3.8) is 0 Å². The molecule has 2 aromatic carbocycles. The van der Waals surface area contributed by atoms with Gasteiger partial charge in [0, 0.05) is 10.7 Å². The average Bonchev–Trinajstić information content (AvgIpc) is 2.59. The lowest BCUT2D eigenvalue weighted by atomic mass is 10.2. The van der Waals surface area contributed by atoms with Crippen LogP contribution in [0.5, 0.6) is 0 Å². The van der Waals surface area contributed by atoms with E-state index in [4.69, 9.17) is 11.6 Å². The van der Waals surface area contributed by atoms with Crippen LogP contribution in [-0.4, -0.2) is 16.1 Å². The maximum absolute atomic E-state index is 13.6. The maximum Gasteiger partial charge on any atom is 0.259 e. The summed E-state index contributed by atoms with van der Waals surface area (Å²) in [6, 6.07) is 14.4.